The van der Waals surface area contributed by atoms with Crippen LogP contribution in [0, 0.1) is 0 Å². The van der Waals surface area contributed by atoms with E-state index in [4.69, 9.17) is 0 Å². The Morgan fingerprint density at radius 3 is 2.13 bits per heavy atom. The standard InChI is InChI=1S/C18H19NO4/c1-19-17(22)15(20)14(12-8-4-2-5-9-12)18(19,23)16(21)13-10-6-3-7-11-13/h2-11,14-16,20-21,23H,1H3/t14-,15-,16-,18-/m0/s1. The Balaban J connectivity index is 2.11. The summed E-state index contributed by atoms with van der Waals surface area (Å²) >= 11 is 0. The molecule has 0 radical (unpaired) electrons. The summed E-state index contributed by atoms with van der Waals surface area (Å²) in [5.74, 6) is -1.56. The number of hydrogen-bond acceptors (Lipinski definition) is 4. The van der Waals surface area contributed by atoms with Gasteiger partial charge in [0.15, 0.2) is 5.72 Å². The zero-order chi connectivity index (χ0) is 16.6. The van der Waals surface area contributed by atoms with Gasteiger partial charge in [0.05, 0.1) is 5.92 Å². The van der Waals surface area contributed by atoms with E-state index in [1.165, 1.54) is 7.05 Å². The van der Waals surface area contributed by atoms with Gasteiger partial charge in [-0.05, 0) is 11.1 Å². The average Bonchev–Trinajstić information content (AvgIpc) is 2.77. The second-order valence-corrected chi connectivity index (χ2v) is 5.83. The molecule has 5 nitrogen and oxygen atoms in total. The van der Waals surface area contributed by atoms with Crippen molar-refractivity contribution in [3.05, 3.63) is 71.8 Å². The lowest BCUT2D eigenvalue weighted by Gasteiger charge is -2.39. The van der Waals surface area contributed by atoms with E-state index in [2.05, 4.69) is 0 Å². The zero-order valence-corrected chi connectivity index (χ0v) is 12.7. The van der Waals surface area contributed by atoms with Gasteiger partial charge in [-0.15, -0.1) is 0 Å². The number of benzene rings is 2. The fourth-order valence-corrected chi connectivity index (χ4v) is 3.28. The minimum atomic E-state index is -1.93. The third-order valence-electron chi connectivity index (χ3n) is 4.57. The average molecular weight is 313 g/mol. The first-order valence-electron chi connectivity index (χ1n) is 7.44. The predicted molar refractivity (Wildman–Crippen MR) is 84.3 cm³/mol. The van der Waals surface area contributed by atoms with Gasteiger partial charge in [0.2, 0.25) is 0 Å². The number of aliphatic hydroxyl groups excluding tert-OH is 2. The molecule has 0 unspecified atom stereocenters. The van der Waals surface area contributed by atoms with Crippen molar-refractivity contribution < 1.29 is 20.1 Å². The molecule has 0 aliphatic carbocycles. The van der Waals surface area contributed by atoms with Gasteiger partial charge in [-0.1, -0.05) is 60.7 Å². The molecule has 3 N–H and O–H groups in total. The molecular formula is C18H19NO4. The van der Waals surface area contributed by atoms with Gasteiger partial charge in [-0.2, -0.15) is 0 Å². The van der Waals surface area contributed by atoms with Gasteiger partial charge >= 0.3 is 0 Å². The number of nitrogens with zero attached hydrogens (tertiary/aromatic N) is 1. The van der Waals surface area contributed by atoms with Gasteiger partial charge < -0.3 is 20.2 Å². The molecule has 1 amide bonds. The quantitative estimate of drug-likeness (QED) is 0.790. The SMILES string of the molecule is CN1C(=O)[C@@H](O)[C@H](c2ccccc2)[C@]1(O)[C@@H](O)c1ccccc1. The molecule has 1 fully saturated rings. The molecule has 2 aromatic carbocycles. The van der Waals surface area contributed by atoms with Crippen LogP contribution in [0.3, 0.4) is 0 Å². The number of carbonyl (C=O) groups is 1. The van der Waals surface area contributed by atoms with Crippen LogP contribution in [-0.2, 0) is 4.79 Å². The Kier molecular flexibility index (Phi) is 3.93. The van der Waals surface area contributed by atoms with Crippen LogP contribution in [0.5, 0.6) is 0 Å². The van der Waals surface area contributed by atoms with Gasteiger partial charge in [-0.3, -0.25) is 4.79 Å². The number of amides is 1. The van der Waals surface area contributed by atoms with Gasteiger partial charge in [-0.25, -0.2) is 0 Å². The van der Waals surface area contributed by atoms with Crippen LogP contribution in [0.15, 0.2) is 60.7 Å². The highest BCUT2D eigenvalue weighted by Gasteiger charge is 2.60. The van der Waals surface area contributed by atoms with Crippen LogP contribution in [0.4, 0.5) is 0 Å². The van der Waals surface area contributed by atoms with Gasteiger partial charge in [0, 0.05) is 7.05 Å². The third-order valence-corrected chi connectivity index (χ3v) is 4.57. The first-order chi connectivity index (χ1) is 11.0. The number of carbonyl (C=O) groups excluding carboxylic acids is 1. The lowest BCUT2D eigenvalue weighted by molar-refractivity contribution is -0.174. The molecule has 3 rings (SSSR count). The highest BCUT2D eigenvalue weighted by atomic mass is 16.4. The predicted octanol–water partition coefficient (Wildman–Crippen LogP) is 1.03. The molecule has 23 heavy (non-hydrogen) atoms. The number of rotatable bonds is 3. The van der Waals surface area contributed by atoms with Crippen molar-refractivity contribution >= 4 is 5.91 Å². The van der Waals surface area contributed by atoms with Crippen LogP contribution >= 0.6 is 0 Å². The summed E-state index contributed by atoms with van der Waals surface area (Å²) in [5, 5.41) is 32.3. The van der Waals surface area contributed by atoms with Crippen molar-refractivity contribution in [2.24, 2.45) is 0 Å². The summed E-state index contributed by atoms with van der Waals surface area (Å²) in [5.41, 5.74) is -0.862. The minimum absolute atomic E-state index is 0.477. The molecule has 1 aliphatic rings. The summed E-state index contributed by atoms with van der Waals surface area (Å²) in [6.45, 7) is 0. The van der Waals surface area contributed by atoms with Crippen LogP contribution in [0.2, 0.25) is 0 Å². The van der Waals surface area contributed by atoms with E-state index in [-0.39, 0.29) is 0 Å². The molecule has 0 saturated carbocycles. The van der Waals surface area contributed by atoms with Crippen molar-refractivity contribution in [1.82, 2.24) is 4.90 Å². The van der Waals surface area contributed by atoms with Crippen LogP contribution in [0.1, 0.15) is 23.1 Å². The highest BCUT2D eigenvalue weighted by Crippen LogP contribution is 2.47. The normalized spacial score (nSPS) is 28.9. The van der Waals surface area contributed by atoms with Crippen molar-refractivity contribution in [3.63, 3.8) is 0 Å². The number of hydrogen-bond donors (Lipinski definition) is 3. The van der Waals surface area contributed by atoms with E-state index < -0.39 is 29.8 Å². The Bertz CT molecular complexity index is 691. The van der Waals surface area contributed by atoms with Crippen molar-refractivity contribution in [2.75, 3.05) is 7.05 Å². The number of likely N-dealkylation sites (tertiary alicyclic amines) is 1. The van der Waals surface area contributed by atoms with Gasteiger partial charge in [0.1, 0.15) is 12.2 Å². The first-order valence-corrected chi connectivity index (χ1v) is 7.44. The van der Waals surface area contributed by atoms with E-state index in [1.807, 2.05) is 6.07 Å². The Hall–Kier alpha value is -2.21. The second kappa shape index (κ2) is 5.77. The summed E-state index contributed by atoms with van der Waals surface area (Å²) in [6, 6.07) is 17.4. The van der Waals surface area contributed by atoms with Gasteiger partial charge in [0.25, 0.3) is 5.91 Å². The molecule has 2 aromatic rings. The van der Waals surface area contributed by atoms with E-state index in [9.17, 15) is 20.1 Å². The highest BCUT2D eigenvalue weighted by molar-refractivity contribution is 5.86. The van der Waals surface area contributed by atoms with Crippen molar-refractivity contribution in [1.29, 1.82) is 0 Å². The fourth-order valence-electron chi connectivity index (χ4n) is 3.28. The largest absolute Gasteiger partial charge is 0.383 e. The molecule has 0 spiro atoms. The summed E-state index contributed by atoms with van der Waals surface area (Å²) < 4.78 is 0. The maximum atomic E-state index is 12.2. The lowest BCUT2D eigenvalue weighted by atomic mass is 9.81. The summed E-state index contributed by atoms with van der Waals surface area (Å²) in [7, 11) is 1.39. The molecule has 1 heterocycles. The van der Waals surface area contributed by atoms with E-state index in [0.717, 1.165) is 4.90 Å². The molecule has 1 saturated heterocycles. The first kappa shape index (κ1) is 15.7. The summed E-state index contributed by atoms with van der Waals surface area (Å²) in [4.78, 5) is 13.3. The van der Waals surface area contributed by atoms with E-state index >= 15 is 0 Å². The molecule has 0 aromatic heterocycles. The molecule has 120 valence electrons. The molecule has 5 heteroatoms. The third kappa shape index (κ3) is 2.34. The zero-order valence-electron chi connectivity index (χ0n) is 12.7. The second-order valence-electron chi connectivity index (χ2n) is 5.83. The number of likely N-dealkylation sites (N-methyl/N-ethyl adjacent to an activating group) is 1. The molecule has 1 aliphatic heterocycles. The topological polar surface area (TPSA) is 81.0 Å². The van der Waals surface area contributed by atoms with Crippen molar-refractivity contribution in [2.45, 2.75) is 23.9 Å². The fraction of sp³-hybridized carbons (Fsp3) is 0.278. The van der Waals surface area contributed by atoms with Crippen LogP contribution < -0.4 is 0 Å². The molecule has 4 atom stereocenters. The Morgan fingerprint density at radius 1 is 1.04 bits per heavy atom. The smallest absolute Gasteiger partial charge is 0.254 e. The Labute approximate surface area is 134 Å². The maximum absolute atomic E-state index is 12.2. The Morgan fingerprint density at radius 2 is 1.57 bits per heavy atom. The monoisotopic (exact) mass is 313 g/mol. The number of aliphatic hydroxyl groups is 3. The molecular weight excluding hydrogens is 294 g/mol. The maximum Gasteiger partial charge on any atom is 0.254 e. The molecule has 0 bridgehead atoms. The lowest BCUT2D eigenvalue weighted by Crippen LogP contribution is -2.51. The van der Waals surface area contributed by atoms with E-state index in [1.54, 1.807) is 54.6 Å². The minimum Gasteiger partial charge on any atom is -0.383 e. The van der Waals surface area contributed by atoms with Crippen LogP contribution in [-0.4, -0.2) is 45.0 Å². The summed E-state index contributed by atoms with van der Waals surface area (Å²) in [6.07, 6.45) is -2.76. The van der Waals surface area contributed by atoms with E-state index in [0.29, 0.717) is 11.1 Å². The van der Waals surface area contributed by atoms with Crippen LogP contribution in [0.25, 0.3) is 0 Å². The van der Waals surface area contributed by atoms with Crippen molar-refractivity contribution in [3.8, 4) is 0 Å².